The Morgan fingerprint density at radius 2 is 2.18 bits per heavy atom. The lowest BCUT2D eigenvalue weighted by Gasteiger charge is -2.44. The number of nitrogens with zero attached hydrogens (tertiary/aromatic N) is 2. The van der Waals surface area contributed by atoms with Crippen molar-refractivity contribution in [3.8, 4) is 0 Å². The summed E-state index contributed by atoms with van der Waals surface area (Å²) in [5.41, 5.74) is 0.389. The molecule has 22 heavy (non-hydrogen) atoms. The van der Waals surface area contributed by atoms with Crippen molar-refractivity contribution in [1.29, 1.82) is 0 Å². The van der Waals surface area contributed by atoms with Gasteiger partial charge < -0.3 is 14.4 Å². The maximum Gasteiger partial charge on any atom is 0.355 e. The number of carboxylic acids is 1. The van der Waals surface area contributed by atoms with Gasteiger partial charge in [0.1, 0.15) is 6.23 Å². The summed E-state index contributed by atoms with van der Waals surface area (Å²) < 4.78 is 6.24. The van der Waals surface area contributed by atoms with Gasteiger partial charge in [0.2, 0.25) is 0 Å². The zero-order valence-corrected chi connectivity index (χ0v) is 16.0. The molecule has 7 heteroatoms. The minimum atomic E-state index is -1.18. The highest BCUT2D eigenvalue weighted by Crippen LogP contribution is 2.39. The van der Waals surface area contributed by atoms with Gasteiger partial charge in [-0.2, -0.15) is 0 Å². The minimum Gasteiger partial charge on any atom is -0.476 e. The van der Waals surface area contributed by atoms with Crippen LogP contribution in [-0.4, -0.2) is 37.9 Å². The van der Waals surface area contributed by atoms with Crippen molar-refractivity contribution >= 4 is 31.5 Å². The van der Waals surface area contributed by atoms with Crippen LogP contribution < -0.4 is 4.90 Å². The first-order valence-electron chi connectivity index (χ1n) is 7.79. The van der Waals surface area contributed by atoms with Gasteiger partial charge in [-0.1, -0.05) is 20.8 Å². The molecule has 0 aliphatic carbocycles. The van der Waals surface area contributed by atoms with Crippen LogP contribution >= 0.6 is 11.3 Å². The predicted molar refractivity (Wildman–Crippen MR) is 92.3 cm³/mol. The molecule has 0 aromatic carbocycles. The lowest BCUT2D eigenvalue weighted by Crippen LogP contribution is -2.48. The van der Waals surface area contributed by atoms with Crippen molar-refractivity contribution in [3.63, 3.8) is 0 Å². The van der Waals surface area contributed by atoms with Gasteiger partial charge in [0.25, 0.3) is 0 Å². The third kappa shape index (κ3) is 4.08. The van der Waals surface area contributed by atoms with Crippen LogP contribution in [0.3, 0.4) is 0 Å². The average Bonchev–Trinajstić information content (AvgIpc) is 2.86. The highest BCUT2D eigenvalue weighted by Gasteiger charge is 2.36. The standard InChI is InChI=1S/C15H26N2O3SSi/c1-15(2,3)10-6-7-17(12(8-10)20-22(4)5)14-16-11(9-21-14)13(18)19/h9-10,12,22H,6-8H2,1-5H3,(H,18,19). The summed E-state index contributed by atoms with van der Waals surface area (Å²) in [6, 6.07) is 0. The number of thiazole rings is 1. The van der Waals surface area contributed by atoms with Crippen LogP contribution in [0.5, 0.6) is 0 Å². The van der Waals surface area contributed by atoms with Crippen LogP contribution in [-0.2, 0) is 4.43 Å². The second kappa shape index (κ2) is 6.68. The van der Waals surface area contributed by atoms with Crippen molar-refractivity contribution < 1.29 is 14.3 Å². The molecule has 5 nitrogen and oxygen atoms in total. The number of piperidine rings is 1. The summed E-state index contributed by atoms with van der Waals surface area (Å²) in [7, 11) is -1.18. The molecule has 2 rings (SSSR count). The Morgan fingerprint density at radius 1 is 1.50 bits per heavy atom. The van der Waals surface area contributed by atoms with Crippen LogP contribution in [0.15, 0.2) is 5.38 Å². The first kappa shape index (κ1) is 17.4. The number of aromatic carboxylic acids is 1. The summed E-state index contributed by atoms with van der Waals surface area (Å²) in [6.45, 7) is 12.1. The SMILES string of the molecule is C[SiH](C)OC1CC(C(C)(C)C)CCN1c1nc(C(=O)O)cs1. The van der Waals surface area contributed by atoms with Crippen molar-refractivity contribution in [2.24, 2.45) is 11.3 Å². The Hall–Kier alpha value is -0.923. The first-order valence-corrected chi connectivity index (χ1v) is 11.5. The Balaban J connectivity index is 2.19. The molecule has 2 atom stereocenters. The lowest BCUT2D eigenvalue weighted by molar-refractivity contribution is 0.0690. The molecule has 1 N–H and O–H groups in total. The van der Waals surface area contributed by atoms with E-state index in [0.29, 0.717) is 5.92 Å². The van der Waals surface area contributed by atoms with E-state index in [0.717, 1.165) is 24.5 Å². The van der Waals surface area contributed by atoms with E-state index in [1.807, 2.05) is 0 Å². The largest absolute Gasteiger partial charge is 0.476 e. The van der Waals surface area contributed by atoms with E-state index in [9.17, 15) is 4.79 Å². The van der Waals surface area contributed by atoms with E-state index in [-0.39, 0.29) is 17.3 Å². The van der Waals surface area contributed by atoms with Gasteiger partial charge in [-0.25, -0.2) is 9.78 Å². The Kier molecular flexibility index (Phi) is 5.29. The van der Waals surface area contributed by atoms with Gasteiger partial charge in [-0.15, -0.1) is 11.3 Å². The van der Waals surface area contributed by atoms with E-state index in [1.165, 1.54) is 11.3 Å². The normalized spacial score (nSPS) is 23.1. The number of hydrogen-bond donors (Lipinski definition) is 1. The van der Waals surface area contributed by atoms with Crippen LogP contribution in [0.4, 0.5) is 5.13 Å². The Labute approximate surface area is 138 Å². The maximum absolute atomic E-state index is 11.0. The van der Waals surface area contributed by atoms with Crippen LogP contribution in [0.1, 0.15) is 44.1 Å². The number of rotatable bonds is 4. The fourth-order valence-electron chi connectivity index (χ4n) is 2.87. The Morgan fingerprint density at radius 3 is 2.68 bits per heavy atom. The van der Waals surface area contributed by atoms with E-state index < -0.39 is 15.0 Å². The molecular formula is C15H26N2O3SSi. The number of carbonyl (C=O) groups is 1. The molecule has 124 valence electrons. The maximum atomic E-state index is 11.0. The molecule has 1 saturated heterocycles. The van der Waals surface area contributed by atoms with Crippen molar-refractivity contribution in [3.05, 3.63) is 11.1 Å². The molecule has 0 bridgehead atoms. The van der Waals surface area contributed by atoms with E-state index in [2.05, 4.69) is 43.7 Å². The Bertz CT molecular complexity index is 527. The third-order valence-electron chi connectivity index (χ3n) is 4.16. The van der Waals surface area contributed by atoms with E-state index in [1.54, 1.807) is 5.38 Å². The molecular weight excluding hydrogens is 316 g/mol. The van der Waals surface area contributed by atoms with Gasteiger partial charge in [0.15, 0.2) is 19.9 Å². The zero-order valence-electron chi connectivity index (χ0n) is 14.0. The molecule has 1 aliphatic rings. The van der Waals surface area contributed by atoms with Crippen molar-refractivity contribution in [1.82, 2.24) is 4.98 Å². The smallest absolute Gasteiger partial charge is 0.355 e. The highest BCUT2D eigenvalue weighted by atomic mass is 32.1. The zero-order chi connectivity index (χ0) is 16.5. The molecule has 0 saturated carbocycles. The first-order chi connectivity index (χ1) is 10.2. The van der Waals surface area contributed by atoms with E-state index in [4.69, 9.17) is 9.53 Å². The quantitative estimate of drug-likeness (QED) is 0.849. The molecule has 1 aromatic rings. The van der Waals surface area contributed by atoms with Gasteiger partial charge in [0.05, 0.1) is 0 Å². The number of aromatic nitrogens is 1. The van der Waals surface area contributed by atoms with Gasteiger partial charge in [-0.05, 0) is 37.3 Å². The van der Waals surface area contributed by atoms with Gasteiger partial charge in [-0.3, -0.25) is 0 Å². The molecule has 0 radical (unpaired) electrons. The lowest BCUT2D eigenvalue weighted by atomic mass is 9.75. The minimum absolute atomic E-state index is 0.0254. The molecule has 2 heterocycles. The van der Waals surface area contributed by atoms with Crippen LogP contribution in [0.25, 0.3) is 0 Å². The fourth-order valence-corrected chi connectivity index (χ4v) is 4.62. The monoisotopic (exact) mass is 342 g/mol. The number of anilines is 1. The molecule has 0 amide bonds. The van der Waals surface area contributed by atoms with Gasteiger partial charge in [0, 0.05) is 11.9 Å². The average molecular weight is 343 g/mol. The number of carboxylic acid groups (broad SMARTS) is 1. The van der Waals surface area contributed by atoms with Crippen molar-refractivity contribution in [2.45, 2.75) is 52.9 Å². The molecule has 2 unspecified atom stereocenters. The van der Waals surface area contributed by atoms with E-state index >= 15 is 0 Å². The topological polar surface area (TPSA) is 62.7 Å². The summed E-state index contributed by atoms with van der Waals surface area (Å²) in [4.78, 5) is 17.5. The molecule has 0 spiro atoms. The van der Waals surface area contributed by atoms with Gasteiger partial charge >= 0.3 is 5.97 Å². The third-order valence-corrected chi connectivity index (χ3v) is 5.90. The van der Waals surface area contributed by atoms with Crippen LogP contribution in [0.2, 0.25) is 13.1 Å². The molecule has 1 aliphatic heterocycles. The van der Waals surface area contributed by atoms with Crippen LogP contribution in [0, 0.1) is 11.3 Å². The van der Waals surface area contributed by atoms with Crippen molar-refractivity contribution in [2.75, 3.05) is 11.4 Å². The summed E-state index contributed by atoms with van der Waals surface area (Å²) in [5.74, 6) is -0.358. The fraction of sp³-hybridized carbons (Fsp3) is 0.733. The summed E-state index contributed by atoms with van der Waals surface area (Å²) >= 11 is 1.39. The summed E-state index contributed by atoms with van der Waals surface area (Å²) in [6.07, 6.45) is 2.10. The second-order valence-corrected chi connectivity index (χ2v) is 10.4. The molecule has 1 aromatic heterocycles. The molecule has 1 fully saturated rings. The number of hydrogen-bond acceptors (Lipinski definition) is 5. The highest BCUT2D eigenvalue weighted by molar-refractivity contribution is 7.13. The predicted octanol–water partition coefficient (Wildman–Crippen LogP) is 3.43. The second-order valence-electron chi connectivity index (χ2n) is 7.24. The summed E-state index contributed by atoms with van der Waals surface area (Å²) in [5, 5.41) is 11.4.